The second kappa shape index (κ2) is 7.05. The fourth-order valence-corrected chi connectivity index (χ4v) is 4.02. The molecule has 2 atom stereocenters. The van der Waals surface area contributed by atoms with Crippen LogP contribution < -0.4 is 0 Å². The molecule has 6 heteroatoms. The first-order valence-corrected chi connectivity index (χ1v) is 10.6. The molecule has 0 unspecified atom stereocenters. The summed E-state index contributed by atoms with van der Waals surface area (Å²) in [5, 5.41) is 10.2. The molecule has 2 aromatic rings. The van der Waals surface area contributed by atoms with Crippen molar-refractivity contribution in [1.29, 1.82) is 5.26 Å². The number of carbonyl (C=O) groups excluding carboxylic acids is 1. The molecule has 0 saturated heterocycles. The van der Waals surface area contributed by atoms with E-state index >= 15 is 0 Å². The molecule has 2 aromatic heterocycles. The van der Waals surface area contributed by atoms with E-state index in [1.54, 1.807) is 11.9 Å². The summed E-state index contributed by atoms with van der Waals surface area (Å²) in [6.07, 6.45) is 5.27. The van der Waals surface area contributed by atoms with Gasteiger partial charge in [-0.15, -0.1) is 11.8 Å². The molecule has 0 bridgehead atoms. The van der Waals surface area contributed by atoms with Gasteiger partial charge in [-0.25, -0.2) is 4.98 Å². The number of pyridine rings is 1. The average molecular weight is 382 g/mol. The van der Waals surface area contributed by atoms with Crippen molar-refractivity contribution in [2.45, 2.75) is 49.6 Å². The standard InChI is InChI=1S/C21H23N3O2S/c1-12-8-15(12)19-7-6-14(26-19)11-24(2)21(25)16-9-18(13-4-5-13)23-20(27-3)17(16)10-22/h6-7,9,12-13,15H,4-5,8,11H2,1-3H3/t12-,15+/m0/s1. The minimum absolute atomic E-state index is 0.163. The summed E-state index contributed by atoms with van der Waals surface area (Å²) in [6.45, 7) is 2.61. The summed E-state index contributed by atoms with van der Waals surface area (Å²) in [5.74, 6) is 3.26. The van der Waals surface area contributed by atoms with Crippen LogP contribution in [0.3, 0.4) is 0 Å². The highest BCUT2D eigenvalue weighted by Crippen LogP contribution is 2.47. The van der Waals surface area contributed by atoms with Crippen LogP contribution >= 0.6 is 11.8 Å². The summed E-state index contributed by atoms with van der Waals surface area (Å²) in [7, 11) is 1.75. The van der Waals surface area contributed by atoms with Gasteiger partial charge in [0.05, 0.1) is 17.7 Å². The molecular formula is C21H23N3O2S. The van der Waals surface area contributed by atoms with Gasteiger partial charge in [0, 0.05) is 24.6 Å². The number of rotatable bonds is 6. The summed E-state index contributed by atoms with van der Waals surface area (Å²) in [5.41, 5.74) is 1.75. The van der Waals surface area contributed by atoms with Gasteiger partial charge in [0.2, 0.25) is 0 Å². The Kier molecular flexibility index (Phi) is 4.73. The van der Waals surface area contributed by atoms with E-state index in [9.17, 15) is 10.1 Å². The molecule has 4 rings (SSSR count). The lowest BCUT2D eigenvalue weighted by Gasteiger charge is -2.18. The second-order valence-corrected chi connectivity index (χ2v) is 8.44. The largest absolute Gasteiger partial charge is 0.464 e. The third kappa shape index (κ3) is 3.61. The molecule has 0 spiro atoms. The number of furan rings is 1. The molecule has 2 heterocycles. The quantitative estimate of drug-likeness (QED) is 0.687. The number of amides is 1. The van der Waals surface area contributed by atoms with Gasteiger partial charge in [-0.3, -0.25) is 4.79 Å². The van der Waals surface area contributed by atoms with E-state index in [-0.39, 0.29) is 5.91 Å². The monoisotopic (exact) mass is 381 g/mol. The van der Waals surface area contributed by atoms with E-state index in [1.165, 1.54) is 18.2 Å². The summed E-state index contributed by atoms with van der Waals surface area (Å²) >= 11 is 1.42. The number of nitrogens with zero attached hydrogens (tertiary/aromatic N) is 3. The zero-order valence-corrected chi connectivity index (χ0v) is 16.7. The highest BCUT2D eigenvalue weighted by molar-refractivity contribution is 7.98. The van der Waals surface area contributed by atoms with Gasteiger partial charge in [0.1, 0.15) is 22.6 Å². The molecule has 0 aromatic carbocycles. The van der Waals surface area contributed by atoms with Crippen LogP contribution in [0.5, 0.6) is 0 Å². The predicted molar refractivity (Wildman–Crippen MR) is 104 cm³/mol. The van der Waals surface area contributed by atoms with Crippen LogP contribution in [-0.2, 0) is 6.54 Å². The van der Waals surface area contributed by atoms with E-state index in [1.807, 2.05) is 24.5 Å². The van der Waals surface area contributed by atoms with Crippen molar-refractivity contribution < 1.29 is 9.21 Å². The van der Waals surface area contributed by atoms with Gasteiger partial charge in [0.15, 0.2) is 0 Å². The van der Waals surface area contributed by atoms with Crippen molar-refractivity contribution in [2.24, 2.45) is 5.92 Å². The molecule has 2 saturated carbocycles. The fraction of sp³-hybridized carbons (Fsp3) is 0.476. The zero-order chi connectivity index (χ0) is 19.1. The molecule has 27 heavy (non-hydrogen) atoms. The van der Waals surface area contributed by atoms with Crippen molar-refractivity contribution in [3.8, 4) is 6.07 Å². The van der Waals surface area contributed by atoms with Crippen LogP contribution in [0.4, 0.5) is 0 Å². The molecule has 0 N–H and O–H groups in total. The first-order valence-electron chi connectivity index (χ1n) is 9.35. The maximum absolute atomic E-state index is 13.1. The third-order valence-electron chi connectivity index (χ3n) is 5.43. The lowest BCUT2D eigenvalue weighted by Crippen LogP contribution is -2.27. The van der Waals surface area contributed by atoms with Crippen molar-refractivity contribution in [3.05, 3.63) is 46.5 Å². The van der Waals surface area contributed by atoms with E-state index in [4.69, 9.17) is 4.42 Å². The number of aromatic nitrogens is 1. The number of nitriles is 1. The highest BCUT2D eigenvalue weighted by Gasteiger charge is 2.36. The third-order valence-corrected chi connectivity index (χ3v) is 6.12. The van der Waals surface area contributed by atoms with E-state index in [0.717, 1.165) is 30.1 Å². The zero-order valence-electron chi connectivity index (χ0n) is 15.9. The van der Waals surface area contributed by atoms with Gasteiger partial charge in [-0.05, 0) is 49.6 Å². The number of thioether (sulfide) groups is 1. The first-order chi connectivity index (χ1) is 13.0. The van der Waals surface area contributed by atoms with Crippen molar-refractivity contribution in [1.82, 2.24) is 9.88 Å². The van der Waals surface area contributed by atoms with Gasteiger partial charge >= 0.3 is 0 Å². The molecule has 2 fully saturated rings. The first kappa shape index (κ1) is 18.1. The van der Waals surface area contributed by atoms with Gasteiger partial charge in [0.25, 0.3) is 5.91 Å². The second-order valence-electron chi connectivity index (χ2n) is 7.65. The normalized spacial score (nSPS) is 21.0. The van der Waals surface area contributed by atoms with Crippen molar-refractivity contribution in [3.63, 3.8) is 0 Å². The van der Waals surface area contributed by atoms with Gasteiger partial charge < -0.3 is 9.32 Å². The van der Waals surface area contributed by atoms with Crippen LogP contribution in [0.1, 0.15) is 71.2 Å². The minimum atomic E-state index is -0.163. The Hall–Kier alpha value is -2.26. The Balaban J connectivity index is 1.56. The Morgan fingerprint density at radius 2 is 2.19 bits per heavy atom. The van der Waals surface area contributed by atoms with Gasteiger partial charge in [-0.1, -0.05) is 6.92 Å². The van der Waals surface area contributed by atoms with Crippen LogP contribution in [0.25, 0.3) is 0 Å². The van der Waals surface area contributed by atoms with Crippen LogP contribution in [-0.4, -0.2) is 29.1 Å². The Bertz CT molecular complexity index is 926. The van der Waals surface area contributed by atoms with Crippen LogP contribution in [0, 0.1) is 17.2 Å². The van der Waals surface area contributed by atoms with Gasteiger partial charge in [-0.2, -0.15) is 5.26 Å². The van der Waals surface area contributed by atoms with E-state index in [2.05, 4.69) is 18.0 Å². The minimum Gasteiger partial charge on any atom is -0.464 e. The molecule has 1 amide bonds. The SMILES string of the molecule is CSc1nc(C2CC2)cc(C(=O)N(C)Cc2ccc([C@@H]3C[C@@H]3C)o2)c1C#N. The van der Waals surface area contributed by atoms with Crippen LogP contribution in [0.2, 0.25) is 0 Å². The molecular weight excluding hydrogens is 358 g/mol. The lowest BCUT2D eigenvalue weighted by molar-refractivity contribution is 0.0774. The average Bonchev–Trinajstić information content (AvgIpc) is 3.59. The Morgan fingerprint density at radius 3 is 2.78 bits per heavy atom. The van der Waals surface area contributed by atoms with Crippen LogP contribution in [0.15, 0.2) is 27.6 Å². The number of carbonyl (C=O) groups is 1. The number of hydrogen-bond acceptors (Lipinski definition) is 5. The smallest absolute Gasteiger partial charge is 0.255 e. The highest BCUT2D eigenvalue weighted by atomic mass is 32.2. The predicted octanol–water partition coefficient (Wildman–Crippen LogP) is 4.54. The molecule has 0 radical (unpaired) electrons. The lowest BCUT2D eigenvalue weighted by atomic mass is 10.1. The molecule has 2 aliphatic carbocycles. The Morgan fingerprint density at radius 1 is 1.44 bits per heavy atom. The van der Waals surface area contributed by atoms with E-state index < -0.39 is 0 Å². The molecule has 140 valence electrons. The Labute approximate surface area is 163 Å². The van der Waals surface area contributed by atoms with Crippen molar-refractivity contribution >= 4 is 17.7 Å². The summed E-state index contributed by atoms with van der Waals surface area (Å²) < 4.78 is 5.93. The number of hydrogen-bond donors (Lipinski definition) is 0. The fourth-order valence-electron chi connectivity index (χ4n) is 3.46. The topological polar surface area (TPSA) is 70.1 Å². The van der Waals surface area contributed by atoms with E-state index in [0.29, 0.717) is 40.5 Å². The maximum atomic E-state index is 13.1. The molecule has 2 aliphatic rings. The summed E-state index contributed by atoms with van der Waals surface area (Å²) in [4.78, 5) is 19.3. The summed E-state index contributed by atoms with van der Waals surface area (Å²) in [6, 6.07) is 7.96. The molecule has 0 aliphatic heterocycles. The van der Waals surface area contributed by atoms with Crippen molar-refractivity contribution in [2.75, 3.05) is 13.3 Å². The maximum Gasteiger partial charge on any atom is 0.255 e. The molecule has 5 nitrogen and oxygen atoms in total.